The Morgan fingerprint density at radius 3 is 1.75 bits per heavy atom. The van der Waals surface area contributed by atoms with Crippen molar-refractivity contribution in [2.24, 2.45) is 5.73 Å². The van der Waals surface area contributed by atoms with Crippen molar-refractivity contribution in [3.8, 4) is 0 Å². The summed E-state index contributed by atoms with van der Waals surface area (Å²) >= 11 is 0. The van der Waals surface area contributed by atoms with Crippen LogP contribution < -0.4 is 5.73 Å². The van der Waals surface area contributed by atoms with Crippen LogP contribution in [0, 0.1) is 0 Å². The molecule has 0 saturated carbocycles. The molecule has 0 aromatic rings. The van der Waals surface area contributed by atoms with E-state index in [0.29, 0.717) is 12.8 Å². The Labute approximate surface area is 223 Å². The Hall–Kier alpha value is -1.03. The summed E-state index contributed by atoms with van der Waals surface area (Å²) in [5.41, 5.74) is 5.11. The lowest BCUT2D eigenvalue weighted by Gasteiger charge is -2.16. The third-order valence-corrected chi connectivity index (χ3v) is 6.29. The van der Waals surface area contributed by atoms with Crippen LogP contribution in [0.15, 0.2) is 0 Å². The highest BCUT2D eigenvalue weighted by molar-refractivity contribution is 7.47. The summed E-state index contributed by atoms with van der Waals surface area (Å²) in [6.45, 7) is -6.50. The molecule has 0 spiro atoms. The van der Waals surface area contributed by atoms with E-state index in [-0.39, 0.29) is 6.42 Å². The molecule has 214 valence electrons. The van der Waals surface area contributed by atoms with E-state index in [2.05, 4.69) is 20.7 Å². The van der Waals surface area contributed by atoms with Gasteiger partial charge in [0.25, 0.3) is 0 Å². The maximum atomic E-state index is 12.1. The van der Waals surface area contributed by atoms with Gasteiger partial charge in [-0.1, -0.05) is 103 Å². The fraction of sp³-hybridized carbons (Fsp3) is 0.920. The third kappa shape index (κ3) is 23.4. The van der Waals surface area contributed by atoms with E-state index in [9.17, 15) is 24.2 Å². The lowest BCUT2D eigenvalue weighted by Crippen LogP contribution is -2.34. The van der Waals surface area contributed by atoms with Gasteiger partial charge in [0.1, 0.15) is 18.7 Å². The number of aliphatic hydroxyl groups is 1. The molecule has 0 aliphatic rings. The number of nitrogens with two attached hydrogens (primary N) is 1. The quantitative estimate of drug-likeness (QED) is 0.0654. The Morgan fingerprint density at radius 1 is 0.861 bits per heavy atom. The highest BCUT2D eigenvalue weighted by Gasteiger charge is 2.26. The van der Waals surface area contributed by atoms with Gasteiger partial charge in [0.2, 0.25) is 0 Å². The maximum absolute atomic E-state index is 12.1. The van der Waals surface area contributed by atoms with Crippen LogP contribution in [-0.2, 0) is 27.9 Å². The molecule has 0 fully saturated rings. The van der Waals surface area contributed by atoms with E-state index >= 15 is 0 Å². The van der Waals surface area contributed by atoms with Gasteiger partial charge in [0.15, 0.2) is 0 Å². The van der Waals surface area contributed by atoms with Crippen LogP contribution in [0.1, 0.15) is 123 Å². The van der Waals surface area contributed by atoms with Crippen molar-refractivity contribution >= 4 is 19.8 Å². The molecule has 0 aromatic heterocycles. The van der Waals surface area contributed by atoms with E-state index in [1.54, 1.807) is 0 Å². The van der Waals surface area contributed by atoms with Gasteiger partial charge in [-0.2, -0.15) is 0 Å². The molecule has 0 aliphatic carbocycles. The molecular formula is C25H50NO9P. The first-order valence-corrected chi connectivity index (χ1v) is 14.6. The number of aliphatic carboxylic acids is 1. The zero-order chi connectivity index (χ0) is 31.6. The molecule has 36 heavy (non-hydrogen) atoms. The van der Waals surface area contributed by atoms with E-state index in [1.807, 2.05) is 0 Å². The molecule has 5 N–H and O–H groups in total. The second-order valence-corrected chi connectivity index (χ2v) is 10.3. The summed E-state index contributed by atoms with van der Waals surface area (Å²) in [7, 11) is -5.46. The van der Waals surface area contributed by atoms with Crippen molar-refractivity contribution in [1.82, 2.24) is 0 Å². The van der Waals surface area contributed by atoms with Crippen molar-refractivity contribution < 1.29 is 49.9 Å². The minimum Gasteiger partial charge on any atom is -0.480 e. The standard InChI is InChI=1S/C25H50NO9P/c1-2-3-4-5-6-7-8-9-10-11-12-13-14-15-16-17-18-24(28)33-19-22(27)20-34-36(31,32)35-21-23(26)25(29)30/h22-23,27H,2-21,26H2,1H3,(H,29,30)(H,31,32)/t22-,23+/m1/s1/i19D2,20D2,22D. The molecular weight excluding hydrogens is 489 g/mol. The summed E-state index contributed by atoms with van der Waals surface area (Å²) in [6.07, 6.45) is 13.9. The minimum absolute atomic E-state index is 0.243. The molecule has 0 radical (unpaired) electrons. The zero-order valence-corrected chi connectivity index (χ0v) is 22.5. The van der Waals surface area contributed by atoms with Gasteiger partial charge >= 0.3 is 19.8 Å². The smallest absolute Gasteiger partial charge is 0.472 e. The molecule has 1 unspecified atom stereocenters. The average Bonchev–Trinajstić information content (AvgIpc) is 2.85. The fourth-order valence-corrected chi connectivity index (χ4v) is 3.97. The SMILES string of the molecule is [2H]C([2H])(OC(=O)CCCCCCCCCCCCCCCCCC)[C@@]([2H])(O)C([2H])([2H])OP(=O)(O)OC[C@H](N)C(=O)O. The summed E-state index contributed by atoms with van der Waals surface area (Å²) in [5.74, 6) is -2.74. The summed E-state index contributed by atoms with van der Waals surface area (Å²) in [4.78, 5) is 32.4. The van der Waals surface area contributed by atoms with Gasteiger partial charge in [-0.25, -0.2) is 4.57 Å². The van der Waals surface area contributed by atoms with Crippen LogP contribution in [0.4, 0.5) is 0 Å². The number of esters is 1. The van der Waals surface area contributed by atoms with Gasteiger partial charge in [-0.15, -0.1) is 0 Å². The summed E-state index contributed by atoms with van der Waals surface area (Å²) in [6, 6.07) is -1.77. The number of hydrogen-bond acceptors (Lipinski definition) is 8. The lowest BCUT2D eigenvalue weighted by molar-refractivity contribution is -0.147. The van der Waals surface area contributed by atoms with Crippen LogP contribution in [0.3, 0.4) is 0 Å². The molecule has 0 saturated heterocycles. The van der Waals surface area contributed by atoms with Crippen LogP contribution in [0.5, 0.6) is 0 Å². The van der Waals surface area contributed by atoms with Crippen molar-refractivity contribution in [3.63, 3.8) is 0 Å². The number of phosphoric acid groups is 1. The van der Waals surface area contributed by atoms with Gasteiger partial charge in [0, 0.05) is 6.42 Å². The average molecular weight is 545 g/mol. The maximum Gasteiger partial charge on any atom is 0.472 e. The number of phosphoric ester groups is 1. The molecule has 0 rings (SSSR count). The number of unbranched alkanes of at least 4 members (excludes halogenated alkanes) is 15. The van der Waals surface area contributed by atoms with E-state index < -0.39 is 51.6 Å². The van der Waals surface area contributed by atoms with E-state index in [1.165, 1.54) is 64.2 Å². The predicted molar refractivity (Wildman–Crippen MR) is 138 cm³/mol. The Balaban J connectivity index is 4.25. The fourth-order valence-electron chi connectivity index (χ4n) is 3.37. The number of carboxylic acids is 1. The van der Waals surface area contributed by atoms with Gasteiger partial charge in [-0.3, -0.25) is 18.6 Å². The third-order valence-electron chi connectivity index (χ3n) is 5.49. The molecule has 0 aliphatic heterocycles. The second kappa shape index (κ2) is 23.1. The van der Waals surface area contributed by atoms with Crippen LogP contribution in [-0.4, -0.2) is 58.9 Å². The second-order valence-electron chi connectivity index (χ2n) is 8.88. The Kier molecular flexibility index (Phi) is 17.1. The van der Waals surface area contributed by atoms with Crippen molar-refractivity contribution in [2.45, 2.75) is 128 Å². The molecule has 3 atom stereocenters. The molecule has 0 heterocycles. The number of rotatable bonds is 26. The normalized spacial score (nSPS) is 18.5. The van der Waals surface area contributed by atoms with E-state index in [4.69, 9.17) is 17.7 Å². The molecule has 11 heteroatoms. The Bertz CT molecular complexity index is 805. The lowest BCUT2D eigenvalue weighted by atomic mass is 10.0. The number of carbonyl (C=O) groups excluding carboxylic acids is 1. The first-order chi connectivity index (χ1) is 19.0. The van der Waals surface area contributed by atoms with Gasteiger partial charge < -0.3 is 25.6 Å². The highest BCUT2D eigenvalue weighted by atomic mass is 31.2. The summed E-state index contributed by atoms with van der Waals surface area (Å²) in [5, 5.41) is 18.8. The van der Waals surface area contributed by atoms with Crippen molar-refractivity contribution in [1.29, 1.82) is 0 Å². The topological polar surface area (TPSA) is 166 Å². The van der Waals surface area contributed by atoms with Gasteiger partial charge in [0.05, 0.1) is 20.0 Å². The summed E-state index contributed by atoms with van der Waals surface area (Å²) < 4.78 is 63.0. The molecule has 0 amide bonds. The van der Waals surface area contributed by atoms with Crippen molar-refractivity contribution in [3.05, 3.63) is 0 Å². The van der Waals surface area contributed by atoms with Crippen LogP contribution in [0.2, 0.25) is 0 Å². The van der Waals surface area contributed by atoms with Crippen molar-refractivity contribution in [2.75, 3.05) is 19.7 Å². The predicted octanol–water partition coefficient (Wildman–Crippen LogP) is 5.09. The number of carboxylic acid groups (broad SMARTS) is 1. The van der Waals surface area contributed by atoms with Crippen LogP contribution in [0.25, 0.3) is 0 Å². The minimum atomic E-state index is -5.46. The van der Waals surface area contributed by atoms with E-state index in [0.717, 1.165) is 25.7 Å². The first kappa shape index (κ1) is 26.6. The number of carbonyl (C=O) groups is 2. The number of hydrogen-bond donors (Lipinski definition) is 4. The largest absolute Gasteiger partial charge is 0.480 e. The molecule has 0 aromatic carbocycles. The number of ether oxygens (including phenoxy) is 1. The van der Waals surface area contributed by atoms with Crippen LogP contribution >= 0.6 is 7.82 Å². The molecule has 0 bridgehead atoms. The van der Waals surface area contributed by atoms with Gasteiger partial charge in [-0.05, 0) is 6.42 Å². The molecule has 10 nitrogen and oxygen atoms in total. The monoisotopic (exact) mass is 544 g/mol. The Morgan fingerprint density at radius 2 is 1.31 bits per heavy atom. The first-order valence-electron chi connectivity index (χ1n) is 15.6. The highest BCUT2D eigenvalue weighted by Crippen LogP contribution is 2.43. The zero-order valence-electron chi connectivity index (χ0n) is 26.6.